The summed E-state index contributed by atoms with van der Waals surface area (Å²) in [6, 6.07) is 3.78. The lowest BCUT2D eigenvalue weighted by Crippen LogP contribution is -2.33. The van der Waals surface area contributed by atoms with Gasteiger partial charge >= 0.3 is 0 Å². The van der Waals surface area contributed by atoms with Crippen molar-refractivity contribution >= 4 is 11.6 Å². The Morgan fingerprint density at radius 3 is 2.79 bits per heavy atom. The van der Waals surface area contributed by atoms with Crippen LogP contribution < -0.4 is 4.90 Å². The van der Waals surface area contributed by atoms with Crippen molar-refractivity contribution < 1.29 is 4.79 Å². The highest BCUT2D eigenvalue weighted by Crippen LogP contribution is 2.17. The van der Waals surface area contributed by atoms with Crippen molar-refractivity contribution in [1.29, 1.82) is 0 Å². The van der Waals surface area contributed by atoms with Crippen LogP contribution >= 0.6 is 0 Å². The van der Waals surface area contributed by atoms with Gasteiger partial charge in [0.1, 0.15) is 0 Å². The van der Waals surface area contributed by atoms with Gasteiger partial charge in [-0.1, -0.05) is 13.8 Å². The van der Waals surface area contributed by atoms with E-state index in [2.05, 4.69) is 10.1 Å². The number of aromatic nitrogens is 3. The van der Waals surface area contributed by atoms with E-state index in [-0.39, 0.29) is 11.8 Å². The van der Waals surface area contributed by atoms with Crippen molar-refractivity contribution in [1.82, 2.24) is 14.8 Å². The van der Waals surface area contributed by atoms with E-state index in [1.165, 1.54) is 0 Å². The summed E-state index contributed by atoms with van der Waals surface area (Å²) in [6.07, 6.45) is 7.00. The highest BCUT2D eigenvalue weighted by molar-refractivity contribution is 5.94. The van der Waals surface area contributed by atoms with Crippen LogP contribution in [0.5, 0.6) is 0 Å². The Morgan fingerprint density at radius 2 is 2.21 bits per heavy atom. The summed E-state index contributed by atoms with van der Waals surface area (Å²) in [5, 5.41) is 4.28. The molecule has 0 aliphatic heterocycles. The van der Waals surface area contributed by atoms with Gasteiger partial charge in [-0.3, -0.25) is 9.78 Å². The molecule has 0 radical (unpaired) electrons. The van der Waals surface area contributed by atoms with E-state index in [1.807, 2.05) is 39.1 Å². The Morgan fingerprint density at radius 1 is 1.42 bits per heavy atom. The normalized spacial score (nSPS) is 10.7. The number of rotatable bonds is 4. The fourth-order valence-electron chi connectivity index (χ4n) is 1.86. The molecule has 0 saturated carbocycles. The third-order valence-electron chi connectivity index (χ3n) is 2.87. The van der Waals surface area contributed by atoms with Crippen LogP contribution in [-0.2, 0) is 4.79 Å². The molecule has 0 bridgehead atoms. The molecule has 2 heterocycles. The SMILES string of the molecule is CCN(C(=O)C(C)C)c1cnn(-c2cccnc2)c1. The Kier molecular flexibility index (Phi) is 3.94. The van der Waals surface area contributed by atoms with Gasteiger partial charge in [0.2, 0.25) is 5.91 Å². The van der Waals surface area contributed by atoms with Crippen molar-refractivity contribution in [3.05, 3.63) is 36.9 Å². The highest BCUT2D eigenvalue weighted by atomic mass is 16.2. The number of anilines is 1. The predicted molar refractivity (Wildman–Crippen MR) is 74.2 cm³/mol. The predicted octanol–water partition coefficient (Wildman–Crippen LogP) is 2.28. The lowest BCUT2D eigenvalue weighted by molar-refractivity contribution is -0.121. The van der Waals surface area contributed by atoms with Gasteiger partial charge in [0.05, 0.1) is 30.0 Å². The zero-order chi connectivity index (χ0) is 13.8. The maximum Gasteiger partial charge on any atom is 0.229 e. The van der Waals surface area contributed by atoms with Crippen LogP contribution in [-0.4, -0.2) is 27.2 Å². The number of carbonyl (C=O) groups is 1. The molecule has 0 spiro atoms. The van der Waals surface area contributed by atoms with Crippen molar-refractivity contribution in [3.8, 4) is 5.69 Å². The standard InChI is InChI=1S/C14H18N4O/c1-4-17(14(19)11(2)3)13-9-16-18(10-13)12-6-5-7-15-8-12/h5-11H,4H2,1-3H3. The third-order valence-corrected chi connectivity index (χ3v) is 2.87. The van der Waals surface area contributed by atoms with Gasteiger partial charge in [-0.25, -0.2) is 4.68 Å². The number of pyridine rings is 1. The molecule has 0 aliphatic carbocycles. The van der Waals surface area contributed by atoms with E-state index in [9.17, 15) is 4.79 Å². The molecule has 0 aromatic carbocycles. The smallest absolute Gasteiger partial charge is 0.229 e. The van der Waals surface area contributed by atoms with E-state index in [0.717, 1.165) is 11.4 Å². The summed E-state index contributed by atoms with van der Waals surface area (Å²) in [7, 11) is 0. The quantitative estimate of drug-likeness (QED) is 0.845. The van der Waals surface area contributed by atoms with Gasteiger partial charge < -0.3 is 4.90 Å². The first-order valence-electron chi connectivity index (χ1n) is 6.40. The lowest BCUT2D eigenvalue weighted by atomic mass is 10.2. The summed E-state index contributed by atoms with van der Waals surface area (Å²) < 4.78 is 1.72. The van der Waals surface area contributed by atoms with Crippen LogP contribution in [0.15, 0.2) is 36.9 Å². The second-order valence-corrected chi connectivity index (χ2v) is 4.59. The molecular formula is C14H18N4O. The van der Waals surface area contributed by atoms with E-state index >= 15 is 0 Å². The first-order valence-corrected chi connectivity index (χ1v) is 6.40. The molecule has 0 unspecified atom stereocenters. The minimum absolute atomic E-state index is 0.0262. The minimum atomic E-state index is -0.0262. The van der Waals surface area contributed by atoms with Crippen LogP contribution in [0.2, 0.25) is 0 Å². The molecule has 100 valence electrons. The summed E-state index contributed by atoms with van der Waals surface area (Å²) in [5.41, 5.74) is 1.69. The molecule has 5 heteroatoms. The zero-order valence-corrected chi connectivity index (χ0v) is 11.4. The topological polar surface area (TPSA) is 51.0 Å². The number of carbonyl (C=O) groups excluding carboxylic acids is 1. The van der Waals surface area contributed by atoms with E-state index < -0.39 is 0 Å². The van der Waals surface area contributed by atoms with Crippen LogP contribution in [0.4, 0.5) is 5.69 Å². The van der Waals surface area contributed by atoms with Crippen molar-refractivity contribution in [2.45, 2.75) is 20.8 Å². The van der Waals surface area contributed by atoms with E-state index in [1.54, 1.807) is 28.2 Å². The zero-order valence-electron chi connectivity index (χ0n) is 11.4. The molecule has 0 fully saturated rings. The van der Waals surface area contributed by atoms with Crippen LogP contribution in [0.1, 0.15) is 20.8 Å². The number of amides is 1. The first kappa shape index (κ1) is 13.3. The summed E-state index contributed by atoms with van der Waals surface area (Å²) in [5.74, 6) is 0.0786. The molecule has 0 N–H and O–H groups in total. The van der Waals surface area contributed by atoms with E-state index in [0.29, 0.717) is 6.54 Å². The first-order chi connectivity index (χ1) is 9.13. The highest BCUT2D eigenvalue weighted by Gasteiger charge is 2.18. The second kappa shape index (κ2) is 5.65. The number of nitrogens with zero attached hydrogens (tertiary/aromatic N) is 4. The Hall–Kier alpha value is -2.17. The lowest BCUT2D eigenvalue weighted by Gasteiger charge is -2.20. The van der Waals surface area contributed by atoms with Gasteiger partial charge in [0.25, 0.3) is 0 Å². The summed E-state index contributed by atoms with van der Waals surface area (Å²) >= 11 is 0. The maximum atomic E-state index is 12.1. The van der Waals surface area contributed by atoms with Crippen molar-refractivity contribution in [3.63, 3.8) is 0 Å². The van der Waals surface area contributed by atoms with Gasteiger partial charge in [0, 0.05) is 18.7 Å². The fraction of sp³-hybridized carbons (Fsp3) is 0.357. The van der Waals surface area contributed by atoms with Gasteiger partial charge in [-0.05, 0) is 19.1 Å². The minimum Gasteiger partial charge on any atom is -0.310 e. The maximum absolute atomic E-state index is 12.1. The Labute approximate surface area is 112 Å². The van der Waals surface area contributed by atoms with Crippen LogP contribution in [0.25, 0.3) is 5.69 Å². The molecule has 5 nitrogen and oxygen atoms in total. The third kappa shape index (κ3) is 2.81. The molecule has 0 atom stereocenters. The molecular weight excluding hydrogens is 240 g/mol. The molecule has 2 aromatic heterocycles. The molecule has 2 aromatic rings. The largest absolute Gasteiger partial charge is 0.310 e. The molecule has 0 saturated heterocycles. The van der Waals surface area contributed by atoms with Crippen LogP contribution in [0, 0.1) is 5.92 Å². The van der Waals surface area contributed by atoms with Gasteiger partial charge in [0.15, 0.2) is 0 Å². The Balaban J connectivity index is 2.27. The monoisotopic (exact) mass is 258 g/mol. The van der Waals surface area contributed by atoms with Gasteiger partial charge in [-0.15, -0.1) is 0 Å². The molecule has 1 amide bonds. The van der Waals surface area contributed by atoms with Gasteiger partial charge in [-0.2, -0.15) is 5.10 Å². The number of hydrogen-bond donors (Lipinski definition) is 0. The molecule has 2 rings (SSSR count). The van der Waals surface area contributed by atoms with E-state index in [4.69, 9.17) is 0 Å². The summed E-state index contributed by atoms with van der Waals surface area (Å²) in [6.45, 7) is 6.39. The summed E-state index contributed by atoms with van der Waals surface area (Å²) in [4.78, 5) is 17.9. The van der Waals surface area contributed by atoms with Crippen molar-refractivity contribution in [2.75, 3.05) is 11.4 Å². The number of hydrogen-bond acceptors (Lipinski definition) is 3. The van der Waals surface area contributed by atoms with Crippen molar-refractivity contribution in [2.24, 2.45) is 5.92 Å². The average Bonchev–Trinajstić information content (AvgIpc) is 2.90. The average molecular weight is 258 g/mol. The van der Waals surface area contributed by atoms with Crippen LogP contribution in [0.3, 0.4) is 0 Å². The fourth-order valence-corrected chi connectivity index (χ4v) is 1.86. The Bertz CT molecular complexity index is 548. The molecule has 19 heavy (non-hydrogen) atoms. The second-order valence-electron chi connectivity index (χ2n) is 4.59. The molecule has 0 aliphatic rings.